The Kier molecular flexibility index (Phi) is 4.54. The first-order valence-electron chi connectivity index (χ1n) is 5.12. The highest BCUT2D eigenvalue weighted by molar-refractivity contribution is 5.75. The van der Waals surface area contributed by atoms with E-state index in [4.69, 9.17) is 11.0 Å². The van der Waals surface area contributed by atoms with Crippen LogP contribution in [0.5, 0.6) is 0 Å². The highest BCUT2D eigenvalue weighted by atomic mass is 19.3. The van der Waals surface area contributed by atoms with Crippen molar-refractivity contribution in [2.75, 3.05) is 12.3 Å². The second kappa shape index (κ2) is 5.91. The van der Waals surface area contributed by atoms with Crippen molar-refractivity contribution in [3.05, 3.63) is 23.0 Å². The molecule has 1 rings (SSSR count). The first kappa shape index (κ1) is 13.8. The summed E-state index contributed by atoms with van der Waals surface area (Å²) in [5.74, 6) is -0.587. The van der Waals surface area contributed by atoms with E-state index < -0.39 is 23.7 Å². The lowest BCUT2D eigenvalue weighted by Crippen LogP contribution is -2.12. The summed E-state index contributed by atoms with van der Waals surface area (Å²) in [6.07, 6.45) is -2.04. The predicted octanol–water partition coefficient (Wildman–Crippen LogP) is 1.58. The lowest BCUT2D eigenvalue weighted by Gasteiger charge is -2.10. The summed E-state index contributed by atoms with van der Waals surface area (Å²) >= 11 is 0. The van der Waals surface area contributed by atoms with Crippen LogP contribution in [0.4, 0.5) is 14.5 Å². The molecule has 1 aromatic rings. The number of esters is 1. The quantitative estimate of drug-likeness (QED) is 0.825. The van der Waals surface area contributed by atoms with Gasteiger partial charge in [0.2, 0.25) is 0 Å². The summed E-state index contributed by atoms with van der Waals surface area (Å²) in [7, 11) is 0. The molecule has 0 amide bonds. The number of anilines is 1. The third-order valence-corrected chi connectivity index (χ3v) is 2.20. The van der Waals surface area contributed by atoms with Gasteiger partial charge in [-0.3, -0.25) is 4.79 Å². The molecular formula is C11H11F2N3O2. The van der Waals surface area contributed by atoms with Gasteiger partial charge < -0.3 is 10.5 Å². The molecule has 1 heterocycles. The minimum Gasteiger partial charge on any atom is -0.466 e. The molecule has 7 heteroatoms. The van der Waals surface area contributed by atoms with E-state index in [1.165, 1.54) is 6.07 Å². The number of hydrogen-bond acceptors (Lipinski definition) is 5. The first-order chi connectivity index (χ1) is 8.51. The number of rotatable bonds is 4. The van der Waals surface area contributed by atoms with Crippen molar-refractivity contribution in [1.29, 1.82) is 5.26 Å². The van der Waals surface area contributed by atoms with E-state index in [2.05, 4.69) is 9.72 Å². The van der Waals surface area contributed by atoms with Gasteiger partial charge in [-0.2, -0.15) is 5.26 Å². The topological polar surface area (TPSA) is 89.0 Å². The maximum Gasteiger partial charge on any atom is 0.310 e. The maximum absolute atomic E-state index is 12.8. The van der Waals surface area contributed by atoms with E-state index in [-0.39, 0.29) is 24.3 Å². The molecule has 0 aromatic carbocycles. The number of carbonyl (C=O) groups is 1. The minimum atomic E-state index is -2.92. The molecule has 0 atom stereocenters. The van der Waals surface area contributed by atoms with Gasteiger partial charge in [0.1, 0.15) is 6.07 Å². The Labute approximate surface area is 102 Å². The van der Waals surface area contributed by atoms with Crippen LogP contribution in [-0.4, -0.2) is 17.6 Å². The normalized spacial score (nSPS) is 10.2. The molecule has 0 saturated carbocycles. The van der Waals surface area contributed by atoms with Gasteiger partial charge in [-0.15, -0.1) is 0 Å². The van der Waals surface area contributed by atoms with Crippen LogP contribution >= 0.6 is 0 Å². The number of pyridine rings is 1. The van der Waals surface area contributed by atoms with Crippen LogP contribution < -0.4 is 5.73 Å². The van der Waals surface area contributed by atoms with E-state index >= 15 is 0 Å². The van der Waals surface area contributed by atoms with Gasteiger partial charge in [-0.1, -0.05) is 0 Å². The van der Waals surface area contributed by atoms with Crippen LogP contribution in [0.25, 0.3) is 0 Å². The second-order valence-corrected chi connectivity index (χ2v) is 3.35. The number of ether oxygens (including phenoxy) is 1. The van der Waals surface area contributed by atoms with Crippen LogP contribution in [0.1, 0.15) is 30.2 Å². The second-order valence-electron chi connectivity index (χ2n) is 3.35. The van der Waals surface area contributed by atoms with E-state index in [9.17, 15) is 13.6 Å². The molecule has 5 nitrogen and oxygen atoms in total. The van der Waals surface area contributed by atoms with Crippen LogP contribution in [0, 0.1) is 11.3 Å². The Morgan fingerprint density at radius 1 is 1.67 bits per heavy atom. The third-order valence-electron chi connectivity index (χ3n) is 2.20. The molecule has 0 bridgehead atoms. The maximum atomic E-state index is 12.8. The van der Waals surface area contributed by atoms with Crippen molar-refractivity contribution in [3.8, 4) is 6.07 Å². The first-order valence-corrected chi connectivity index (χ1v) is 5.12. The van der Waals surface area contributed by atoms with Crippen LogP contribution in [-0.2, 0) is 16.0 Å². The highest BCUT2D eigenvalue weighted by Crippen LogP contribution is 2.29. The van der Waals surface area contributed by atoms with E-state index in [0.717, 1.165) is 6.20 Å². The van der Waals surface area contributed by atoms with Crippen molar-refractivity contribution in [3.63, 3.8) is 0 Å². The number of nitrogen functional groups attached to an aromatic ring is 1. The number of nitriles is 1. The molecule has 0 fully saturated rings. The van der Waals surface area contributed by atoms with E-state index in [0.29, 0.717) is 0 Å². The lowest BCUT2D eigenvalue weighted by molar-refractivity contribution is -0.142. The number of alkyl halides is 2. The van der Waals surface area contributed by atoms with Crippen LogP contribution in [0.3, 0.4) is 0 Å². The SMILES string of the molecule is CCOC(=O)Cc1cnc(C#N)c(C(F)F)c1N. The molecule has 1 aromatic heterocycles. The van der Waals surface area contributed by atoms with E-state index in [1.807, 2.05) is 0 Å². The number of nitrogens with two attached hydrogens (primary N) is 1. The average molecular weight is 255 g/mol. The molecule has 0 unspecified atom stereocenters. The van der Waals surface area contributed by atoms with Gasteiger partial charge in [0.15, 0.2) is 5.69 Å². The number of halogens is 2. The number of aromatic nitrogens is 1. The Bertz CT molecular complexity index is 498. The van der Waals surface area contributed by atoms with Gasteiger partial charge in [-0.25, -0.2) is 13.8 Å². The van der Waals surface area contributed by atoms with Crippen molar-refractivity contribution < 1.29 is 18.3 Å². The zero-order valence-electron chi connectivity index (χ0n) is 9.61. The molecular weight excluding hydrogens is 244 g/mol. The minimum absolute atomic E-state index is 0.128. The van der Waals surface area contributed by atoms with E-state index in [1.54, 1.807) is 6.92 Å². The molecule has 0 radical (unpaired) electrons. The van der Waals surface area contributed by atoms with Gasteiger partial charge in [0.25, 0.3) is 6.43 Å². The highest BCUT2D eigenvalue weighted by Gasteiger charge is 2.21. The van der Waals surface area contributed by atoms with Crippen LogP contribution in [0.15, 0.2) is 6.20 Å². The molecule has 96 valence electrons. The van der Waals surface area contributed by atoms with Gasteiger partial charge in [-0.05, 0) is 6.92 Å². The molecule has 0 aliphatic heterocycles. The molecule has 18 heavy (non-hydrogen) atoms. The predicted molar refractivity (Wildman–Crippen MR) is 58.7 cm³/mol. The summed E-state index contributed by atoms with van der Waals surface area (Å²) in [5, 5.41) is 8.66. The van der Waals surface area contributed by atoms with Crippen LogP contribution in [0.2, 0.25) is 0 Å². The molecule has 2 N–H and O–H groups in total. The summed E-state index contributed by atoms with van der Waals surface area (Å²) in [4.78, 5) is 14.8. The molecule has 0 aliphatic rings. The Balaban J connectivity index is 3.13. The number of carbonyl (C=O) groups excluding carboxylic acids is 1. The summed E-state index contributed by atoms with van der Waals surface area (Å²) in [6, 6.07) is 1.54. The zero-order chi connectivity index (χ0) is 13.7. The molecule has 0 aliphatic carbocycles. The van der Waals surface area contributed by atoms with Crippen molar-refractivity contribution >= 4 is 11.7 Å². The zero-order valence-corrected chi connectivity index (χ0v) is 9.61. The fourth-order valence-electron chi connectivity index (χ4n) is 1.40. The van der Waals surface area contributed by atoms with Crippen molar-refractivity contribution in [2.24, 2.45) is 0 Å². The summed E-state index contributed by atoms with van der Waals surface area (Å²) in [5.41, 5.74) is 4.29. The number of nitrogens with zero attached hydrogens (tertiary/aromatic N) is 2. The summed E-state index contributed by atoms with van der Waals surface area (Å²) in [6.45, 7) is 1.81. The Hall–Kier alpha value is -2.23. The van der Waals surface area contributed by atoms with Crippen molar-refractivity contribution in [1.82, 2.24) is 4.98 Å². The number of hydrogen-bond donors (Lipinski definition) is 1. The smallest absolute Gasteiger partial charge is 0.310 e. The molecule has 0 spiro atoms. The average Bonchev–Trinajstić information content (AvgIpc) is 2.31. The lowest BCUT2D eigenvalue weighted by atomic mass is 10.1. The summed E-state index contributed by atoms with van der Waals surface area (Å²) < 4.78 is 30.2. The monoisotopic (exact) mass is 255 g/mol. The molecule has 0 saturated heterocycles. The third kappa shape index (κ3) is 2.91. The Morgan fingerprint density at radius 2 is 2.33 bits per heavy atom. The van der Waals surface area contributed by atoms with Gasteiger partial charge >= 0.3 is 5.97 Å². The Morgan fingerprint density at radius 3 is 2.83 bits per heavy atom. The van der Waals surface area contributed by atoms with Crippen molar-refractivity contribution in [2.45, 2.75) is 19.8 Å². The van der Waals surface area contributed by atoms with Gasteiger partial charge in [0, 0.05) is 17.4 Å². The fourth-order valence-corrected chi connectivity index (χ4v) is 1.40. The fraction of sp³-hybridized carbons (Fsp3) is 0.364. The standard InChI is InChI=1S/C11H11F2N3O2/c1-2-18-8(17)3-6-5-16-7(4-14)9(10(6)15)11(12)13/h5,11H,2-3H2,1H3,(H2,15,16). The van der Waals surface area contributed by atoms with Gasteiger partial charge in [0.05, 0.1) is 18.6 Å². The largest absolute Gasteiger partial charge is 0.466 e.